The molecule has 0 aliphatic heterocycles. The van der Waals surface area contributed by atoms with Crippen molar-refractivity contribution in [3.05, 3.63) is 23.4 Å². The highest BCUT2D eigenvalue weighted by atomic mass is 35.5. The molecule has 0 spiro atoms. The van der Waals surface area contributed by atoms with Crippen LogP contribution in [0.2, 0.25) is 5.02 Å². The lowest BCUT2D eigenvalue weighted by Crippen LogP contribution is -2.14. The van der Waals surface area contributed by atoms with E-state index < -0.39 is 0 Å². The number of unbranched alkanes of at least 4 members (excludes halogenated alkanes) is 2. The van der Waals surface area contributed by atoms with Crippen molar-refractivity contribution >= 4 is 40.2 Å². The molecule has 0 aliphatic carbocycles. The van der Waals surface area contributed by atoms with Crippen LogP contribution in [0.5, 0.6) is 0 Å². The minimum Gasteiger partial charge on any atom is -0.465 e. The molecule has 0 saturated carbocycles. The average Bonchev–Trinajstić information content (AvgIpc) is 3.09. The summed E-state index contributed by atoms with van der Waals surface area (Å²) in [4.78, 5) is 12.9. The summed E-state index contributed by atoms with van der Waals surface area (Å²) in [5, 5.41) is 8.49. The Kier molecular flexibility index (Phi) is 8.62. The Bertz CT molecular complexity index is 674. The van der Waals surface area contributed by atoms with Gasteiger partial charge >= 0.3 is 5.97 Å². The number of benzene rings is 1. The van der Waals surface area contributed by atoms with Gasteiger partial charge < -0.3 is 4.74 Å². The van der Waals surface area contributed by atoms with E-state index >= 15 is 0 Å². The van der Waals surface area contributed by atoms with Crippen LogP contribution in [-0.2, 0) is 9.53 Å². The second kappa shape index (κ2) is 10.7. The lowest BCUT2D eigenvalue weighted by Gasteiger charge is -2.14. The molecule has 0 aliphatic rings. The second-order valence-electron chi connectivity index (χ2n) is 6.26. The Hall–Kier alpha value is -1.20. The minimum atomic E-state index is -0.123. The second-order valence-corrected chi connectivity index (χ2v) is 7.78. The van der Waals surface area contributed by atoms with E-state index in [1.165, 1.54) is 19.3 Å². The van der Waals surface area contributed by atoms with E-state index in [-0.39, 0.29) is 5.97 Å². The Labute approximate surface area is 159 Å². The van der Waals surface area contributed by atoms with Gasteiger partial charge in [-0.05, 0) is 24.5 Å². The Balaban J connectivity index is 1.71. The third kappa shape index (κ3) is 6.23. The van der Waals surface area contributed by atoms with Crippen LogP contribution in [0.15, 0.2) is 23.2 Å². The summed E-state index contributed by atoms with van der Waals surface area (Å²) < 4.78 is 5.45. The van der Waals surface area contributed by atoms with E-state index in [0.717, 1.165) is 28.6 Å². The number of ether oxygens (including phenoxy) is 1. The predicted octanol–water partition coefficient (Wildman–Crippen LogP) is 5.85. The number of carbonyl (C=O) groups excluding carboxylic acids is 1. The standard InChI is InChI=1S/C19H27ClN2O2S/c1-3-5-6-7-14(4-2)13-24-18(23)10-11-25-17-9-8-16-15(19(17)20)12-21-22-16/h8-9,12,14H,3-7,10-11,13H2,1-2H3,(H,21,22). The fourth-order valence-corrected chi connectivity index (χ4v) is 3.96. The first-order valence-corrected chi connectivity index (χ1v) is 10.4. The number of esters is 1. The van der Waals surface area contributed by atoms with Crippen LogP contribution in [-0.4, -0.2) is 28.5 Å². The molecule has 4 nitrogen and oxygen atoms in total. The first kappa shape index (κ1) is 20.1. The fourth-order valence-electron chi connectivity index (χ4n) is 2.69. The molecule has 138 valence electrons. The number of hydrogen-bond donors (Lipinski definition) is 1. The highest BCUT2D eigenvalue weighted by molar-refractivity contribution is 7.99. The lowest BCUT2D eigenvalue weighted by molar-refractivity contribution is -0.144. The van der Waals surface area contributed by atoms with Crippen molar-refractivity contribution in [1.29, 1.82) is 0 Å². The van der Waals surface area contributed by atoms with Crippen molar-refractivity contribution in [3.8, 4) is 0 Å². The fraction of sp³-hybridized carbons (Fsp3) is 0.579. The van der Waals surface area contributed by atoms with Crippen LogP contribution >= 0.6 is 23.4 Å². The quantitative estimate of drug-likeness (QED) is 0.301. The van der Waals surface area contributed by atoms with Crippen molar-refractivity contribution in [3.63, 3.8) is 0 Å². The van der Waals surface area contributed by atoms with Crippen molar-refractivity contribution in [1.82, 2.24) is 10.2 Å². The Morgan fingerprint density at radius 3 is 2.96 bits per heavy atom. The van der Waals surface area contributed by atoms with Gasteiger partial charge in [-0.2, -0.15) is 5.10 Å². The van der Waals surface area contributed by atoms with E-state index in [2.05, 4.69) is 24.0 Å². The van der Waals surface area contributed by atoms with Crippen molar-refractivity contribution in [2.45, 2.75) is 57.3 Å². The molecule has 2 aromatic rings. The van der Waals surface area contributed by atoms with Crippen LogP contribution < -0.4 is 0 Å². The zero-order valence-electron chi connectivity index (χ0n) is 15.0. The SMILES string of the molecule is CCCCCC(CC)COC(=O)CCSc1ccc2[nH]ncc2c1Cl. The molecule has 6 heteroatoms. The maximum Gasteiger partial charge on any atom is 0.306 e. The smallest absolute Gasteiger partial charge is 0.306 e. The number of nitrogens with zero attached hydrogens (tertiary/aromatic N) is 1. The van der Waals surface area contributed by atoms with Gasteiger partial charge in [0.05, 0.1) is 29.8 Å². The van der Waals surface area contributed by atoms with Gasteiger partial charge in [0.2, 0.25) is 0 Å². The number of nitrogens with one attached hydrogen (secondary N) is 1. The van der Waals surface area contributed by atoms with Gasteiger partial charge in [0.1, 0.15) is 0 Å². The number of halogens is 1. The zero-order valence-corrected chi connectivity index (χ0v) is 16.6. The highest BCUT2D eigenvalue weighted by Gasteiger charge is 2.12. The molecule has 1 heterocycles. The Morgan fingerprint density at radius 2 is 2.20 bits per heavy atom. The normalized spacial score (nSPS) is 12.4. The molecule has 0 bridgehead atoms. The van der Waals surface area contributed by atoms with Gasteiger partial charge in [-0.1, -0.05) is 51.1 Å². The molecule has 1 aromatic carbocycles. The summed E-state index contributed by atoms with van der Waals surface area (Å²) in [6.45, 7) is 4.91. The maximum absolute atomic E-state index is 12.0. The van der Waals surface area contributed by atoms with Crippen molar-refractivity contribution in [2.75, 3.05) is 12.4 Å². The van der Waals surface area contributed by atoms with Crippen LogP contribution in [0.4, 0.5) is 0 Å². The molecule has 0 fully saturated rings. The summed E-state index contributed by atoms with van der Waals surface area (Å²) in [5.74, 6) is 1.03. The molecule has 0 amide bonds. The van der Waals surface area contributed by atoms with Gasteiger partial charge in [-0.3, -0.25) is 9.89 Å². The van der Waals surface area contributed by atoms with Gasteiger partial charge in [0, 0.05) is 16.0 Å². The van der Waals surface area contributed by atoms with Crippen LogP contribution in [0.25, 0.3) is 10.9 Å². The van der Waals surface area contributed by atoms with Gasteiger partial charge in [0.15, 0.2) is 0 Å². The number of fused-ring (bicyclic) bond motifs is 1. The summed E-state index contributed by atoms with van der Waals surface area (Å²) >= 11 is 7.96. The van der Waals surface area contributed by atoms with Gasteiger partial charge in [-0.15, -0.1) is 11.8 Å². The van der Waals surface area contributed by atoms with E-state index in [9.17, 15) is 4.79 Å². The van der Waals surface area contributed by atoms with Crippen LogP contribution in [0.3, 0.4) is 0 Å². The molecule has 0 saturated heterocycles. The number of carbonyl (C=O) groups is 1. The van der Waals surface area contributed by atoms with Crippen LogP contribution in [0.1, 0.15) is 52.4 Å². The molecular weight excluding hydrogens is 356 g/mol. The molecule has 25 heavy (non-hydrogen) atoms. The van der Waals surface area contributed by atoms with Gasteiger partial charge in [-0.25, -0.2) is 0 Å². The molecule has 1 unspecified atom stereocenters. The topological polar surface area (TPSA) is 55.0 Å². The first-order valence-electron chi connectivity index (χ1n) is 9.05. The predicted molar refractivity (Wildman–Crippen MR) is 105 cm³/mol. The van der Waals surface area contributed by atoms with E-state index in [1.807, 2.05) is 12.1 Å². The number of aromatic nitrogens is 2. The number of hydrogen-bond acceptors (Lipinski definition) is 4. The summed E-state index contributed by atoms with van der Waals surface area (Å²) in [6.07, 6.45) is 8.02. The van der Waals surface area contributed by atoms with E-state index in [4.69, 9.17) is 16.3 Å². The summed E-state index contributed by atoms with van der Waals surface area (Å²) in [5.41, 5.74) is 0.919. The maximum atomic E-state index is 12.0. The number of thioether (sulfide) groups is 1. The van der Waals surface area contributed by atoms with Crippen LogP contribution in [0, 0.1) is 5.92 Å². The number of H-pyrrole nitrogens is 1. The third-order valence-corrected chi connectivity index (χ3v) is 5.94. The zero-order chi connectivity index (χ0) is 18.1. The first-order chi connectivity index (χ1) is 12.2. The third-order valence-electron chi connectivity index (χ3n) is 4.36. The average molecular weight is 383 g/mol. The lowest BCUT2D eigenvalue weighted by atomic mass is 10.00. The minimum absolute atomic E-state index is 0.123. The summed E-state index contributed by atoms with van der Waals surface area (Å²) in [6, 6.07) is 3.91. The molecule has 1 aromatic heterocycles. The highest BCUT2D eigenvalue weighted by Crippen LogP contribution is 2.33. The van der Waals surface area contributed by atoms with Crippen molar-refractivity contribution < 1.29 is 9.53 Å². The van der Waals surface area contributed by atoms with Gasteiger partial charge in [0.25, 0.3) is 0 Å². The number of rotatable bonds is 11. The molecule has 2 rings (SSSR count). The largest absolute Gasteiger partial charge is 0.465 e. The van der Waals surface area contributed by atoms with E-state index in [0.29, 0.717) is 29.7 Å². The number of aromatic amines is 1. The monoisotopic (exact) mass is 382 g/mol. The molecule has 1 N–H and O–H groups in total. The molecule has 1 atom stereocenters. The Morgan fingerprint density at radius 1 is 1.36 bits per heavy atom. The van der Waals surface area contributed by atoms with E-state index in [1.54, 1.807) is 18.0 Å². The van der Waals surface area contributed by atoms with Crippen molar-refractivity contribution in [2.24, 2.45) is 5.92 Å². The molecule has 0 radical (unpaired) electrons. The molecular formula is C19H27ClN2O2S. The summed E-state index contributed by atoms with van der Waals surface area (Å²) in [7, 11) is 0.